The van der Waals surface area contributed by atoms with Crippen LogP contribution in [-0.4, -0.2) is 61.2 Å². The van der Waals surface area contributed by atoms with Crippen LogP contribution in [0.5, 0.6) is 23.0 Å². The first-order valence-electron chi connectivity index (χ1n) is 8.16. The summed E-state index contributed by atoms with van der Waals surface area (Å²) in [5.41, 5.74) is 0.932. The number of aliphatic hydroxyl groups is 1. The Morgan fingerprint density at radius 1 is 0.857 bits per heavy atom. The van der Waals surface area contributed by atoms with Crippen molar-refractivity contribution in [1.29, 1.82) is 0 Å². The van der Waals surface area contributed by atoms with Crippen LogP contribution in [0, 0.1) is 0 Å². The summed E-state index contributed by atoms with van der Waals surface area (Å²) in [7, 11) is 2.92. The van der Waals surface area contributed by atoms with E-state index in [0.717, 1.165) is 8.95 Å². The van der Waals surface area contributed by atoms with Crippen molar-refractivity contribution in [3.63, 3.8) is 0 Å². The summed E-state index contributed by atoms with van der Waals surface area (Å²) in [4.78, 5) is 8.28. The van der Waals surface area contributed by atoms with Crippen LogP contribution >= 0.6 is 31.9 Å². The molecule has 0 bridgehead atoms. The highest BCUT2D eigenvalue weighted by atomic mass is 79.9. The zero-order valence-corrected chi connectivity index (χ0v) is 18.4. The number of aliphatic hydroxyl groups excluding tert-OH is 1. The molecule has 150 valence electrons. The number of nitrogens with zero attached hydrogens (tertiary/aromatic N) is 2. The molecule has 0 amide bonds. The highest BCUT2D eigenvalue weighted by Crippen LogP contribution is 2.33. The average molecular weight is 516 g/mol. The van der Waals surface area contributed by atoms with Crippen molar-refractivity contribution in [1.82, 2.24) is 0 Å². The third kappa shape index (κ3) is 5.95. The summed E-state index contributed by atoms with van der Waals surface area (Å²) in [5, 5.41) is 30.2. The zero-order chi connectivity index (χ0) is 20.7. The summed E-state index contributed by atoms with van der Waals surface area (Å²) in [6.45, 7) is 0.193. The SMILES string of the molecule is COc1cc(Br)cc(C=NCC(O)CN=Cc2cc(Br)cc(OC)c2O)c1O. The minimum absolute atomic E-state index is 0.0268. The Kier molecular flexibility index (Phi) is 8.28. The number of methoxy groups -OCH3 is 2. The molecular formula is C19H20Br2N2O5. The first-order chi connectivity index (χ1) is 13.3. The lowest BCUT2D eigenvalue weighted by Crippen LogP contribution is -2.15. The predicted octanol–water partition coefficient (Wildman–Crippen LogP) is 3.54. The molecule has 2 rings (SSSR count). The molecule has 28 heavy (non-hydrogen) atoms. The van der Waals surface area contributed by atoms with Crippen LogP contribution in [0.2, 0.25) is 0 Å². The maximum Gasteiger partial charge on any atom is 0.166 e. The lowest BCUT2D eigenvalue weighted by Gasteiger charge is -2.08. The van der Waals surface area contributed by atoms with E-state index in [-0.39, 0.29) is 24.6 Å². The number of rotatable bonds is 8. The van der Waals surface area contributed by atoms with Crippen molar-refractivity contribution in [3.05, 3.63) is 44.3 Å². The van der Waals surface area contributed by atoms with Gasteiger partial charge >= 0.3 is 0 Å². The van der Waals surface area contributed by atoms with E-state index in [1.807, 2.05) is 0 Å². The molecule has 0 aliphatic heterocycles. The van der Waals surface area contributed by atoms with E-state index in [0.29, 0.717) is 22.6 Å². The van der Waals surface area contributed by atoms with Crippen LogP contribution in [0.25, 0.3) is 0 Å². The van der Waals surface area contributed by atoms with Crippen LogP contribution in [-0.2, 0) is 0 Å². The number of phenols is 2. The Hall–Kier alpha value is -2.10. The Morgan fingerprint density at radius 2 is 1.25 bits per heavy atom. The number of aliphatic imine (C=N–C) groups is 2. The van der Waals surface area contributed by atoms with E-state index in [4.69, 9.17) is 9.47 Å². The van der Waals surface area contributed by atoms with Crippen molar-refractivity contribution < 1.29 is 24.8 Å². The van der Waals surface area contributed by atoms with Gasteiger partial charge in [0.1, 0.15) is 0 Å². The lowest BCUT2D eigenvalue weighted by molar-refractivity contribution is 0.193. The van der Waals surface area contributed by atoms with Gasteiger partial charge in [0.15, 0.2) is 23.0 Å². The largest absolute Gasteiger partial charge is 0.504 e. The third-order valence-electron chi connectivity index (χ3n) is 3.67. The quantitative estimate of drug-likeness (QED) is 0.466. The molecule has 0 aliphatic carbocycles. The second-order valence-corrected chi connectivity index (χ2v) is 7.57. The van der Waals surface area contributed by atoms with E-state index >= 15 is 0 Å². The Labute approximate surface area is 179 Å². The molecule has 2 aromatic rings. The summed E-state index contributed by atoms with van der Waals surface area (Å²) < 4.78 is 11.6. The van der Waals surface area contributed by atoms with Crippen molar-refractivity contribution in [2.24, 2.45) is 9.98 Å². The average Bonchev–Trinajstić information content (AvgIpc) is 2.66. The van der Waals surface area contributed by atoms with E-state index < -0.39 is 6.10 Å². The summed E-state index contributed by atoms with van der Waals surface area (Å²) >= 11 is 6.66. The smallest absolute Gasteiger partial charge is 0.166 e. The molecule has 0 saturated carbocycles. The number of ether oxygens (including phenoxy) is 2. The van der Waals surface area contributed by atoms with Crippen LogP contribution in [0.4, 0.5) is 0 Å². The lowest BCUT2D eigenvalue weighted by atomic mass is 10.2. The van der Waals surface area contributed by atoms with Gasteiger partial charge in [0.2, 0.25) is 0 Å². The zero-order valence-electron chi connectivity index (χ0n) is 15.3. The fourth-order valence-electron chi connectivity index (χ4n) is 2.30. The molecule has 0 heterocycles. The second kappa shape index (κ2) is 10.4. The molecule has 7 nitrogen and oxygen atoms in total. The molecule has 2 aromatic carbocycles. The Morgan fingerprint density at radius 3 is 1.61 bits per heavy atom. The number of phenolic OH excluding ortho intramolecular Hbond substituents is 2. The van der Waals surface area contributed by atoms with E-state index in [1.54, 1.807) is 24.3 Å². The first kappa shape index (κ1) is 22.2. The fraction of sp³-hybridized carbons (Fsp3) is 0.263. The number of halogens is 2. The van der Waals surface area contributed by atoms with Gasteiger partial charge in [-0.1, -0.05) is 31.9 Å². The van der Waals surface area contributed by atoms with Gasteiger partial charge in [-0.05, 0) is 24.3 Å². The summed E-state index contributed by atoms with van der Waals surface area (Å²) in [6.07, 6.45) is 2.10. The van der Waals surface area contributed by atoms with Gasteiger partial charge in [-0.15, -0.1) is 0 Å². The topological polar surface area (TPSA) is 104 Å². The highest BCUT2D eigenvalue weighted by molar-refractivity contribution is 9.10. The van der Waals surface area contributed by atoms with Gasteiger partial charge in [-0.2, -0.15) is 0 Å². The maximum absolute atomic E-state index is 10.1. The number of hydrogen-bond donors (Lipinski definition) is 3. The van der Waals surface area contributed by atoms with E-state index in [9.17, 15) is 15.3 Å². The first-order valence-corrected chi connectivity index (χ1v) is 9.75. The molecule has 0 aliphatic rings. The maximum atomic E-state index is 10.1. The van der Waals surface area contributed by atoms with Crippen molar-refractivity contribution in [2.45, 2.75) is 6.10 Å². The molecule has 9 heteroatoms. The normalized spacial score (nSPS) is 12.6. The van der Waals surface area contributed by atoms with Gasteiger partial charge in [0, 0.05) is 32.5 Å². The Balaban J connectivity index is 1.98. The van der Waals surface area contributed by atoms with E-state index in [1.165, 1.54) is 26.6 Å². The molecule has 0 saturated heterocycles. The monoisotopic (exact) mass is 514 g/mol. The minimum Gasteiger partial charge on any atom is -0.504 e. The fourth-order valence-corrected chi connectivity index (χ4v) is 3.21. The molecule has 3 N–H and O–H groups in total. The molecule has 0 atom stereocenters. The molecule has 0 radical (unpaired) electrons. The van der Waals surface area contributed by atoms with Gasteiger partial charge in [0.05, 0.1) is 33.4 Å². The predicted molar refractivity (Wildman–Crippen MR) is 116 cm³/mol. The molecule has 0 unspecified atom stereocenters. The molecule has 0 aromatic heterocycles. The van der Waals surface area contributed by atoms with Crippen LogP contribution in [0.15, 0.2) is 43.2 Å². The molecular weight excluding hydrogens is 496 g/mol. The minimum atomic E-state index is -0.820. The summed E-state index contributed by atoms with van der Waals surface area (Å²) in [5.74, 6) is 0.595. The van der Waals surface area contributed by atoms with Crippen LogP contribution in [0.3, 0.4) is 0 Å². The highest BCUT2D eigenvalue weighted by Gasteiger charge is 2.10. The van der Waals surface area contributed by atoms with Crippen molar-refractivity contribution in [2.75, 3.05) is 27.3 Å². The van der Waals surface area contributed by atoms with Gasteiger partial charge in [-0.25, -0.2) is 0 Å². The van der Waals surface area contributed by atoms with Gasteiger partial charge in [-0.3, -0.25) is 9.98 Å². The number of hydrogen-bond acceptors (Lipinski definition) is 7. The van der Waals surface area contributed by atoms with Crippen LogP contribution < -0.4 is 9.47 Å². The summed E-state index contributed by atoms with van der Waals surface area (Å²) in [6, 6.07) is 6.66. The Bertz CT molecular complexity index is 816. The van der Waals surface area contributed by atoms with Gasteiger partial charge < -0.3 is 24.8 Å². The number of aromatic hydroxyl groups is 2. The standard InChI is InChI=1S/C19H20Br2N2O5/c1-27-16-5-13(20)3-11(18(16)25)7-22-9-15(24)10-23-8-12-4-14(21)6-17(28-2)19(12)26/h3-8,15,24-26H,9-10H2,1-2H3. The van der Waals surface area contributed by atoms with Crippen LogP contribution in [0.1, 0.15) is 11.1 Å². The second-order valence-electron chi connectivity index (χ2n) is 5.73. The van der Waals surface area contributed by atoms with Gasteiger partial charge in [0.25, 0.3) is 0 Å². The third-order valence-corrected chi connectivity index (χ3v) is 4.59. The van der Waals surface area contributed by atoms with E-state index in [2.05, 4.69) is 41.8 Å². The van der Waals surface area contributed by atoms with Crippen molar-refractivity contribution >= 4 is 44.3 Å². The molecule has 0 spiro atoms. The van der Waals surface area contributed by atoms with Crippen molar-refractivity contribution in [3.8, 4) is 23.0 Å². The molecule has 0 fully saturated rings. The number of benzene rings is 2.